The highest BCUT2D eigenvalue weighted by Gasteiger charge is 2.39. The van der Waals surface area contributed by atoms with Gasteiger partial charge in [0.2, 0.25) is 0 Å². The van der Waals surface area contributed by atoms with E-state index in [9.17, 15) is 4.79 Å². The first kappa shape index (κ1) is 19.5. The molecule has 0 radical (unpaired) electrons. The van der Waals surface area contributed by atoms with Crippen LogP contribution in [0.25, 0.3) is 0 Å². The van der Waals surface area contributed by atoms with E-state index in [-0.39, 0.29) is 11.6 Å². The summed E-state index contributed by atoms with van der Waals surface area (Å²) in [5.41, 5.74) is 0.159. The number of ether oxygens (including phenoxy) is 1. The zero-order chi connectivity index (χ0) is 18.5. The van der Waals surface area contributed by atoms with Crippen LogP contribution in [-0.2, 0) is 4.74 Å². The molecule has 27 heavy (non-hydrogen) atoms. The summed E-state index contributed by atoms with van der Waals surface area (Å²) in [7, 11) is 0. The van der Waals surface area contributed by atoms with Gasteiger partial charge in [-0.05, 0) is 51.1 Å². The molecule has 4 aliphatic rings. The van der Waals surface area contributed by atoms with Gasteiger partial charge in [0.25, 0.3) is 0 Å². The van der Waals surface area contributed by atoms with Crippen molar-refractivity contribution in [2.24, 2.45) is 5.92 Å². The highest BCUT2D eigenvalue weighted by Crippen LogP contribution is 2.34. The van der Waals surface area contributed by atoms with Crippen LogP contribution in [0.2, 0.25) is 0 Å². The molecule has 1 atom stereocenters. The van der Waals surface area contributed by atoms with E-state index in [1.165, 1.54) is 71.0 Å². The lowest BCUT2D eigenvalue weighted by atomic mass is 9.80. The second-order valence-corrected chi connectivity index (χ2v) is 9.15. The molecule has 4 rings (SSSR count). The minimum Gasteiger partial charge on any atom is -0.379 e. The van der Waals surface area contributed by atoms with E-state index in [2.05, 4.69) is 20.0 Å². The van der Waals surface area contributed by atoms with Crippen LogP contribution in [-0.4, -0.2) is 91.8 Å². The van der Waals surface area contributed by atoms with Crippen molar-refractivity contribution in [3.8, 4) is 0 Å². The molecule has 1 saturated carbocycles. The van der Waals surface area contributed by atoms with Gasteiger partial charge in [0.1, 0.15) is 0 Å². The topological polar surface area (TPSA) is 48.1 Å². The Bertz CT molecular complexity index is 483. The molecule has 0 bridgehead atoms. The van der Waals surface area contributed by atoms with Gasteiger partial charge in [0.15, 0.2) is 0 Å². The summed E-state index contributed by atoms with van der Waals surface area (Å²) < 4.78 is 5.57. The first-order chi connectivity index (χ1) is 13.3. The van der Waals surface area contributed by atoms with Gasteiger partial charge in [-0.25, -0.2) is 4.79 Å². The summed E-state index contributed by atoms with van der Waals surface area (Å²) in [6, 6.07) is 0.164. The van der Waals surface area contributed by atoms with E-state index in [0.29, 0.717) is 5.92 Å². The molecule has 6 heteroatoms. The number of hydrogen-bond donors (Lipinski definition) is 1. The van der Waals surface area contributed by atoms with Gasteiger partial charge in [0, 0.05) is 44.8 Å². The van der Waals surface area contributed by atoms with E-state index in [0.717, 1.165) is 45.9 Å². The molecule has 0 aromatic rings. The Kier molecular flexibility index (Phi) is 6.56. The lowest BCUT2D eigenvalue weighted by Crippen LogP contribution is -2.60. The fraction of sp³-hybridized carbons (Fsp3) is 0.952. The van der Waals surface area contributed by atoms with Crippen LogP contribution >= 0.6 is 0 Å². The third-order valence-electron chi connectivity index (χ3n) is 7.32. The largest absolute Gasteiger partial charge is 0.379 e. The first-order valence-corrected chi connectivity index (χ1v) is 11.3. The maximum Gasteiger partial charge on any atom is 0.317 e. The zero-order valence-electron chi connectivity index (χ0n) is 17.0. The molecule has 1 N–H and O–H groups in total. The number of nitrogens with zero attached hydrogens (tertiary/aromatic N) is 3. The van der Waals surface area contributed by atoms with Gasteiger partial charge in [-0.1, -0.05) is 19.3 Å². The number of hydrogen-bond acceptors (Lipinski definition) is 4. The molecule has 3 saturated heterocycles. The summed E-state index contributed by atoms with van der Waals surface area (Å²) in [4.78, 5) is 20.1. The number of morpholine rings is 1. The second-order valence-electron chi connectivity index (χ2n) is 9.15. The number of nitrogens with one attached hydrogen (secondary N) is 1. The summed E-state index contributed by atoms with van der Waals surface area (Å²) in [6.45, 7) is 10.0. The van der Waals surface area contributed by atoms with Gasteiger partial charge in [0.05, 0.1) is 13.2 Å². The first-order valence-electron chi connectivity index (χ1n) is 11.3. The van der Waals surface area contributed by atoms with Crippen LogP contribution in [0.4, 0.5) is 4.79 Å². The monoisotopic (exact) mass is 378 g/mol. The number of amides is 2. The maximum absolute atomic E-state index is 12.9. The smallest absolute Gasteiger partial charge is 0.317 e. The molecule has 6 nitrogen and oxygen atoms in total. The van der Waals surface area contributed by atoms with Crippen molar-refractivity contribution < 1.29 is 9.53 Å². The molecule has 0 aromatic carbocycles. The standard InChI is InChI=1S/C21H38N4O2/c26-20(24-11-6-19(17-24)16-23-9-4-5-10-23)22-18-21(7-2-1-3-8-21)25-12-14-27-15-13-25/h19H,1-18H2,(H,22,26). The normalized spacial score (nSPS) is 29.9. The Labute approximate surface area is 164 Å². The van der Waals surface area contributed by atoms with Crippen molar-refractivity contribution in [3.05, 3.63) is 0 Å². The zero-order valence-corrected chi connectivity index (χ0v) is 17.0. The molecule has 0 aromatic heterocycles. The van der Waals surface area contributed by atoms with E-state index in [4.69, 9.17) is 4.74 Å². The van der Waals surface area contributed by atoms with Crippen molar-refractivity contribution in [1.29, 1.82) is 0 Å². The Hall–Kier alpha value is -0.850. The van der Waals surface area contributed by atoms with Crippen molar-refractivity contribution >= 4 is 6.03 Å². The number of likely N-dealkylation sites (tertiary alicyclic amines) is 2. The quantitative estimate of drug-likeness (QED) is 0.796. The fourth-order valence-electron chi connectivity index (χ4n) is 5.70. The van der Waals surface area contributed by atoms with Crippen LogP contribution in [0.3, 0.4) is 0 Å². The predicted molar refractivity (Wildman–Crippen MR) is 107 cm³/mol. The number of rotatable bonds is 5. The van der Waals surface area contributed by atoms with E-state index in [1.54, 1.807) is 0 Å². The molecular formula is C21H38N4O2. The summed E-state index contributed by atoms with van der Waals surface area (Å²) >= 11 is 0. The van der Waals surface area contributed by atoms with Gasteiger partial charge >= 0.3 is 6.03 Å². The predicted octanol–water partition coefficient (Wildman–Crippen LogP) is 2.15. The van der Waals surface area contributed by atoms with Crippen LogP contribution in [0, 0.1) is 5.92 Å². The Morgan fingerprint density at radius 3 is 2.44 bits per heavy atom. The number of carbonyl (C=O) groups excluding carboxylic acids is 1. The van der Waals surface area contributed by atoms with Crippen LogP contribution in [0.15, 0.2) is 0 Å². The molecule has 1 unspecified atom stereocenters. The lowest BCUT2D eigenvalue weighted by molar-refractivity contribution is -0.0360. The highest BCUT2D eigenvalue weighted by atomic mass is 16.5. The molecule has 154 valence electrons. The minimum atomic E-state index is 0.159. The van der Waals surface area contributed by atoms with Gasteiger partial charge in [-0.3, -0.25) is 4.90 Å². The molecule has 3 aliphatic heterocycles. The minimum absolute atomic E-state index is 0.159. The average molecular weight is 379 g/mol. The summed E-state index contributed by atoms with van der Waals surface area (Å²) in [6.07, 6.45) is 10.2. The van der Waals surface area contributed by atoms with Crippen LogP contribution in [0.5, 0.6) is 0 Å². The lowest BCUT2D eigenvalue weighted by Gasteiger charge is -2.48. The molecule has 4 fully saturated rings. The van der Waals surface area contributed by atoms with Crippen LogP contribution < -0.4 is 5.32 Å². The van der Waals surface area contributed by atoms with Gasteiger partial charge in [-0.2, -0.15) is 0 Å². The second kappa shape index (κ2) is 9.10. The van der Waals surface area contributed by atoms with Gasteiger partial charge < -0.3 is 19.9 Å². The Balaban J connectivity index is 1.27. The number of carbonyl (C=O) groups is 1. The average Bonchev–Trinajstić information content (AvgIpc) is 3.40. The third kappa shape index (κ3) is 4.77. The summed E-state index contributed by atoms with van der Waals surface area (Å²) in [5.74, 6) is 0.664. The van der Waals surface area contributed by atoms with Crippen molar-refractivity contribution in [1.82, 2.24) is 20.0 Å². The van der Waals surface area contributed by atoms with E-state index in [1.807, 2.05) is 0 Å². The molecule has 1 aliphatic carbocycles. The molecular weight excluding hydrogens is 340 g/mol. The molecule has 3 heterocycles. The van der Waals surface area contributed by atoms with E-state index >= 15 is 0 Å². The highest BCUT2D eigenvalue weighted by molar-refractivity contribution is 5.74. The van der Waals surface area contributed by atoms with E-state index < -0.39 is 0 Å². The number of urea groups is 1. The molecule has 0 spiro atoms. The van der Waals surface area contributed by atoms with Crippen molar-refractivity contribution in [2.45, 2.75) is 56.9 Å². The van der Waals surface area contributed by atoms with Gasteiger partial charge in [-0.15, -0.1) is 0 Å². The van der Waals surface area contributed by atoms with Crippen molar-refractivity contribution in [3.63, 3.8) is 0 Å². The SMILES string of the molecule is O=C(NCC1(N2CCOCC2)CCCCC1)N1CCC(CN2CCCC2)C1. The third-order valence-corrected chi connectivity index (χ3v) is 7.32. The summed E-state index contributed by atoms with van der Waals surface area (Å²) in [5, 5.41) is 3.34. The van der Waals surface area contributed by atoms with Crippen molar-refractivity contribution in [2.75, 3.05) is 65.6 Å². The van der Waals surface area contributed by atoms with Crippen LogP contribution in [0.1, 0.15) is 51.4 Å². The Morgan fingerprint density at radius 2 is 1.70 bits per heavy atom. The maximum atomic E-state index is 12.9. The molecule has 2 amide bonds. The fourth-order valence-corrected chi connectivity index (χ4v) is 5.70. The Morgan fingerprint density at radius 1 is 0.963 bits per heavy atom.